The molecule has 0 nitrogen and oxygen atoms in total. The van der Waals surface area contributed by atoms with E-state index in [1.165, 1.54) is 0 Å². The molecular weight excluding hydrogens is 409 g/mol. The van der Waals surface area contributed by atoms with E-state index in [1.807, 2.05) is 0 Å². The van der Waals surface area contributed by atoms with Crippen molar-refractivity contribution in [1.82, 2.24) is 0 Å². The Morgan fingerprint density at radius 3 is 1.64 bits per heavy atom. The highest BCUT2D eigenvalue weighted by molar-refractivity contribution is 6.56. The molecule has 0 spiro atoms. The molecule has 9 heteroatoms. The van der Waals surface area contributed by atoms with Crippen LogP contribution in [0.25, 0.3) is 11.1 Å². The summed E-state index contributed by atoms with van der Waals surface area (Å²) in [6.07, 6.45) is -4.97. The lowest BCUT2D eigenvalue weighted by Crippen LogP contribution is -2.10. The van der Waals surface area contributed by atoms with Gasteiger partial charge in [0.2, 0.25) is 0 Å². The molecule has 0 saturated carbocycles. The van der Waals surface area contributed by atoms with E-state index >= 15 is 0 Å². The summed E-state index contributed by atoms with van der Waals surface area (Å²) in [5, 5.41) is -1.45. The molecule has 2 rings (SSSR count). The molecule has 0 saturated heterocycles. The second-order valence-electron chi connectivity index (χ2n) is 4.11. The average molecular weight is 412 g/mol. The minimum atomic E-state index is -4.97. The minimum absolute atomic E-state index is 0.202. The second kappa shape index (κ2) is 6.25. The van der Waals surface area contributed by atoms with Crippen molar-refractivity contribution < 1.29 is 17.6 Å². The largest absolute Gasteiger partial charge is 0.419 e. The lowest BCUT2D eigenvalue weighted by atomic mass is 9.98. The van der Waals surface area contributed by atoms with Crippen LogP contribution in [0.4, 0.5) is 17.6 Å². The first kappa shape index (κ1) is 18.0. The first-order valence-electron chi connectivity index (χ1n) is 5.44. The maximum Gasteiger partial charge on any atom is 0.419 e. The van der Waals surface area contributed by atoms with Crippen LogP contribution in [0.3, 0.4) is 0 Å². The van der Waals surface area contributed by atoms with Gasteiger partial charge < -0.3 is 0 Å². The highest BCUT2D eigenvalue weighted by atomic mass is 35.5. The van der Waals surface area contributed by atoms with Crippen molar-refractivity contribution in [1.29, 1.82) is 0 Å². The second-order valence-corrected chi connectivity index (χ2v) is 5.99. The van der Waals surface area contributed by atoms with Crippen LogP contribution in [0.15, 0.2) is 18.2 Å². The summed E-state index contributed by atoms with van der Waals surface area (Å²) < 4.78 is 53.0. The van der Waals surface area contributed by atoms with Crippen molar-refractivity contribution in [3.8, 4) is 11.1 Å². The van der Waals surface area contributed by atoms with Gasteiger partial charge in [0.25, 0.3) is 0 Å². The van der Waals surface area contributed by atoms with Crippen molar-refractivity contribution in [3.63, 3.8) is 0 Å². The number of rotatable bonds is 1. The van der Waals surface area contributed by atoms with Crippen LogP contribution in [-0.4, -0.2) is 0 Å². The highest BCUT2D eigenvalue weighted by Crippen LogP contribution is 2.50. The van der Waals surface area contributed by atoms with Gasteiger partial charge in [0.1, 0.15) is 5.82 Å². The Balaban J connectivity index is 2.94. The van der Waals surface area contributed by atoms with Gasteiger partial charge in [-0.2, -0.15) is 13.2 Å². The summed E-state index contributed by atoms with van der Waals surface area (Å²) in [7, 11) is 0. The van der Waals surface area contributed by atoms with E-state index in [2.05, 4.69) is 0 Å². The van der Waals surface area contributed by atoms with E-state index in [0.717, 1.165) is 12.1 Å². The zero-order valence-corrected chi connectivity index (χ0v) is 13.9. The first-order valence-corrected chi connectivity index (χ1v) is 7.33. The molecule has 2 aromatic carbocycles. The summed E-state index contributed by atoms with van der Waals surface area (Å²) in [6.45, 7) is 0. The van der Waals surface area contributed by atoms with E-state index in [4.69, 9.17) is 58.0 Å². The molecule has 0 atom stereocenters. The molecule has 0 bridgehead atoms. The maximum atomic E-state index is 13.7. The number of hydrogen-bond acceptors (Lipinski definition) is 0. The third-order valence-electron chi connectivity index (χ3n) is 2.78. The summed E-state index contributed by atoms with van der Waals surface area (Å²) in [5.41, 5.74) is -2.44. The standard InChI is InChI=1S/C13H3Cl5F4/c14-8-6(9(15)11(17)12(18)10(8)16)4-2-1-3-5(19)7(4)13(20,21)22/h1-3H. The van der Waals surface area contributed by atoms with Gasteiger partial charge in [-0.1, -0.05) is 70.1 Å². The summed E-state index contributed by atoms with van der Waals surface area (Å²) in [5.74, 6) is -1.47. The molecule has 0 aliphatic carbocycles. The molecule has 0 aliphatic heterocycles. The van der Waals surface area contributed by atoms with Crippen molar-refractivity contribution in [2.75, 3.05) is 0 Å². The van der Waals surface area contributed by atoms with Crippen LogP contribution < -0.4 is 0 Å². The van der Waals surface area contributed by atoms with E-state index in [1.54, 1.807) is 0 Å². The third-order valence-corrected chi connectivity index (χ3v) is 5.05. The van der Waals surface area contributed by atoms with Crippen molar-refractivity contribution in [3.05, 3.63) is 54.7 Å². The fourth-order valence-electron chi connectivity index (χ4n) is 1.86. The topological polar surface area (TPSA) is 0 Å². The predicted molar refractivity (Wildman–Crippen MR) is 81.9 cm³/mol. The highest BCUT2D eigenvalue weighted by Gasteiger charge is 2.38. The molecule has 0 N–H and O–H groups in total. The average Bonchev–Trinajstić information content (AvgIpc) is 2.42. The lowest BCUT2D eigenvalue weighted by molar-refractivity contribution is -0.139. The number of alkyl halides is 3. The van der Waals surface area contributed by atoms with Gasteiger partial charge in [0, 0.05) is 5.56 Å². The van der Waals surface area contributed by atoms with Gasteiger partial charge in [-0.15, -0.1) is 0 Å². The molecule has 0 unspecified atom stereocenters. The van der Waals surface area contributed by atoms with Crippen molar-refractivity contribution in [2.45, 2.75) is 6.18 Å². The van der Waals surface area contributed by atoms with E-state index < -0.39 is 23.1 Å². The summed E-state index contributed by atoms with van der Waals surface area (Å²) in [6, 6.07) is 2.77. The van der Waals surface area contributed by atoms with Crippen LogP contribution in [0, 0.1) is 5.82 Å². The molecule has 0 heterocycles. The Labute approximate surface area is 147 Å². The van der Waals surface area contributed by atoms with Crippen LogP contribution in [0.2, 0.25) is 25.1 Å². The monoisotopic (exact) mass is 410 g/mol. The van der Waals surface area contributed by atoms with Crippen LogP contribution in [0.5, 0.6) is 0 Å². The van der Waals surface area contributed by atoms with Gasteiger partial charge in [-0.25, -0.2) is 4.39 Å². The lowest BCUT2D eigenvalue weighted by Gasteiger charge is -2.18. The molecule has 2 aromatic rings. The minimum Gasteiger partial charge on any atom is -0.206 e. The van der Waals surface area contributed by atoms with Crippen molar-refractivity contribution >= 4 is 58.0 Å². The maximum absolute atomic E-state index is 13.7. The molecule has 0 radical (unpaired) electrons. The summed E-state index contributed by atoms with van der Waals surface area (Å²) in [4.78, 5) is 0. The zero-order chi connectivity index (χ0) is 16.8. The SMILES string of the molecule is Fc1cccc(-c2c(Cl)c(Cl)c(Cl)c(Cl)c2Cl)c1C(F)(F)F. The normalized spacial score (nSPS) is 11.9. The molecule has 0 aliphatic rings. The Morgan fingerprint density at radius 1 is 0.727 bits per heavy atom. The van der Waals surface area contributed by atoms with Crippen molar-refractivity contribution in [2.24, 2.45) is 0 Å². The molecule has 0 amide bonds. The Kier molecular flexibility index (Phi) is 5.10. The molecular formula is C13H3Cl5F4. The van der Waals surface area contributed by atoms with E-state index in [-0.39, 0.29) is 30.7 Å². The number of hydrogen-bond donors (Lipinski definition) is 0. The fourth-order valence-corrected chi connectivity index (χ4v) is 3.20. The van der Waals surface area contributed by atoms with Crippen LogP contribution in [-0.2, 0) is 6.18 Å². The first-order chi connectivity index (χ1) is 10.1. The smallest absolute Gasteiger partial charge is 0.206 e. The van der Waals surface area contributed by atoms with E-state index in [9.17, 15) is 17.6 Å². The van der Waals surface area contributed by atoms with Crippen LogP contribution in [0.1, 0.15) is 5.56 Å². The number of halogens is 9. The van der Waals surface area contributed by atoms with Gasteiger partial charge >= 0.3 is 6.18 Å². The van der Waals surface area contributed by atoms with Gasteiger partial charge in [0.05, 0.1) is 30.7 Å². The van der Waals surface area contributed by atoms with E-state index in [0.29, 0.717) is 6.07 Å². The Morgan fingerprint density at radius 2 is 1.18 bits per heavy atom. The summed E-state index contributed by atoms with van der Waals surface area (Å²) >= 11 is 29.3. The van der Waals surface area contributed by atoms with Gasteiger partial charge in [-0.05, 0) is 11.6 Å². The zero-order valence-electron chi connectivity index (χ0n) is 10.1. The van der Waals surface area contributed by atoms with Crippen LogP contribution >= 0.6 is 58.0 Å². The molecule has 0 aromatic heterocycles. The van der Waals surface area contributed by atoms with Gasteiger partial charge in [0.15, 0.2) is 0 Å². The number of benzene rings is 2. The predicted octanol–water partition coefficient (Wildman–Crippen LogP) is 7.78. The Bertz CT molecular complexity index is 726. The molecule has 0 fully saturated rings. The molecule has 22 heavy (non-hydrogen) atoms. The van der Waals surface area contributed by atoms with Gasteiger partial charge in [-0.3, -0.25) is 0 Å². The quantitative estimate of drug-likeness (QED) is 0.255. The molecule has 118 valence electrons. The fraction of sp³-hybridized carbons (Fsp3) is 0.0769. The third kappa shape index (κ3) is 3.00. The Hall–Kier alpha value is -0.390.